The standard InChI is InChI=1S/C12H25N/c1-4-8-13-12(9-10(2)3)11-6-5-7-11/h10-13H,4-9H2,1-3H3. The van der Waals surface area contributed by atoms with Gasteiger partial charge in [-0.25, -0.2) is 0 Å². The van der Waals surface area contributed by atoms with Crippen molar-refractivity contribution < 1.29 is 0 Å². The largest absolute Gasteiger partial charge is 0.314 e. The lowest BCUT2D eigenvalue weighted by molar-refractivity contribution is 0.206. The quantitative estimate of drug-likeness (QED) is 0.667. The minimum Gasteiger partial charge on any atom is -0.314 e. The van der Waals surface area contributed by atoms with E-state index in [2.05, 4.69) is 26.1 Å². The van der Waals surface area contributed by atoms with Gasteiger partial charge in [-0.15, -0.1) is 0 Å². The van der Waals surface area contributed by atoms with Crippen LogP contribution in [0.3, 0.4) is 0 Å². The van der Waals surface area contributed by atoms with Crippen molar-refractivity contribution in [3.05, 3.63) is 0 Å². The van der Waals surface area contributed by atoms with Crippen LogP contribution in [0.15, 0.2) is 0 Å². The molecule has 1 saturated carbocycles. The Morgan fingerprint density at radius 2 is 2.00 bits per heavy atom. The smallest absolute Gasteiger partial charge is 0.00977 e. The van der Waals surface area contributed by atoms with Crippen LogP contribution >= 0.6 is 0 Å². The van der Waals surface area contributed by atoms with Gasteiger partial charge < -0.3 is 5.32 Å². The Morgan fingerprint density at radius 1 is 1.31 bits per heavy atom. The van der Waals surface area contributed by atoms with E-state index in [-0.39, 0.29) is 0 Å². The Labute approximate surface area is 83.3 Å². The molecular weight excluding hydrogens is 158 g/mol. The monoisotopic (exact) mass is 183 g/mol. The highest BCUT2D eigenvalue weighted by Crippen LogP contribution is 2.32. The molecule has 13 heavy (non-hydrogen) atoms. The summed E-state index contributed by atoms with van der Waals surface area (Å²) >= 11 is 0. The maximum atomic E-state index is 3.70. The zero-order valence-corrected chi connectivity index (χ0v) is 9.47. The van der Waals surface area contributed by atoms with E-state index in [1.807, 2.05) is 0 Å². The van der Waals surface area contributed by atoms with Gasteiger partial charge >= 0.3 is 0 Å². The third kappa shape index (κ3) is 3.68. The van der Waals surface area contributed by atoms with Crippen molar-refractivity contribution in [1.82, 2.24) is 5.32 Å². The van der Waals surface area contributed by atoms with Gasteiger partial charge in [0.25, 0.3) is 0 Å². The van der Waals surface area contributed by atoms with E-state index >= 15 is 0 Å². The molecule has 0 aromatic carbocycles. The highest BCUT2D eigenvalue weighted by molar-refractivity contribution is 4.83. The summed E-state index contributed by atoms with van der Waals surface area (Å²) in [7, 11) is 0. The van der Waals surface area contributed by atoms with E-state index < -0.39 is 0 Å². The molecule has 0 radical (unpaired) electrons. The molecule has 1 aliphatic rings. The normalized spacial score (nSPS) is 20.3. The summed E-state index contributed by atoms with van der Waals surface area (Å²) < 4.78 is 0. The van der Waals surface area contributed by atoms with E-state index in [4.69, 9.17) is 0 Å². The summed E-state index contributed by atoms with van der Waals surface area (Å²) in [5.74, 6) is 1.84. The summed E-state index contributed by atoms with van der Waals surface area (Å²) in [5.41, 5.74) is 0. The first kappa shape index (κ1) is 11.0. The van der Waals surface area contributed by atoms with Gasteiger partial charge in [-0.05, 0) is 44.1 Å². The molecule has 0 aromatic rings. The molecule has 0 aliphatic heterocycles. The zero-order valence-electron chi connectivity index (χ0n) is 9.47. The van der Waals surface area contributed by atoms with Crippen molar-refractivity contribution in [2.45, 2.75) is 58.9 Å². The van der Waals surface area contributed by atoms with Crippen LogP contribution in [-0.2, 0) is 0 Å². The number of hydrogen-bond donors (Lipinski definition) is 1. The lowest BCUT2D eigenvalue weighted by Crippen LogP contribution is -2.40. The predicted molar refractivity (Wildman–Crippen MR) is 58.9 cm³/mol. The Balaban J connectivity index is 2.24. The fourth-order valence-corrected chi connectivity index (χ4v) is 2.12. The van der Waals surface area contributed by atoms with Gasteiger partial charge in [0.15, 0.2) is 0 Å². The van der Waals surface area contributed by atoms with E-state index in [9.17, 15) is 0 Å². The number of nitrogens with one attached hydrogen (secondary N) is 1. The van der Waals surface area contributed by atoms with Gasteiger partial charge in [0, 0.05) is 6.04 Å². The van der Waals surface area contributed by atoms with Crippen LogP contribution in [-0.4, -0.2) is 12.6 Å². The summed E-state index contributed by atoms with van der Waals surface area (Å²) in [6.07, 6.45) is 7.03. The molecule has 1 atom stereocenters. The van der Waals surface area contributed by atoms with Crippen LogP contribution in [0, 0.1) is 11.8 Å². The SMILES string of the molecule is CCCNC(CC(C)C)C1CCC1. The van der Waals surface area contributed by atoms with Crippen LogP contribution in [0.1, 0.15) is 52.9 Å². The molecule has 1 aliphatic carbocycles. The average Bonchev–Trinajstić information content (AvgIpc) is 1.95. The van der Waals surface area contributed by atoms with Gasteiger partial charge in [0.05, 0.1) is 0 Å². The Kier molecular flexibility index (Phi) is 4.79. The van der Waals surface area contributed by atoms with Crippen LogP contribution in [0.5, 0.6) is 0 Å². The summed E-state index contributed by atoms with van der Waals surface area (Å²) in [6, 6.07) is 0.814. The van der Waals surface area contributed by atoms with Gasteiger partial charge in [-0.2, -0.15) is 0 Å². The fraction of sp³-hybridized carbons (Fsp3) is 1.00. The first-order chi connectivity index (χ1) is 6.24. The summed E-state index contributed by atoms with van der Waals surface area (Å²) in [4.78, 5) is 0. The Bertz CT molecular complexity index is 127. The first-order valence-corrected chi connectivity index (χ1v) is 5.97. The number of hydrogen-bond acceptors (Lipinski definition) is 1. The molecule has 1 fully saturated rings. The molecule has 0 spiro atoms. The molecule has 0 saturated heterocycles. The molecule has 1 heteroatoms. The minimum atomic E-state index is 0.814. The highest BCUT2D eigenvalue weighted by atomic mass is 14.9. The van der Waals surface area contributed by atoms with Crippen LogP contribution in [0.2, 0.25) is 0 Å². The molecular formula is C12H25N. The van der Waals surface area contributed by atoms with Crippen molar-refractivity contribution in [2.75, 3.05) is 6.54 Å². The van der Waals surface area contributed by atoms with E-state index in [0.29, 0.717) is 0 Å². The second kappa shape index (κ2) is 5.64. The van der Waals surface area contributed by atoms with Gasteiger partial charge in [-0.3, -0.25) is 0 Å². The summed E-state index contributed by atoms with van der Waals surface area (Å²) in [6.45, 7) is 8.12. The van der Waals surface area contributed by atoms with Crippen molar-refractivity contribution in [3.8, 4) is 0 Å². The summed E-state index contributed by atoms with van der Waals surface area (Å²) in [5, 5.41) is 3.70. The van der Waals surface area contributed by atoms with Gasteiger partial charge in [0.2, 0.25) is 0 Å². The molecule has 0 bridgehead atoms. The van der Waals surface area contributed by atoms with Gasteiger partial charge in [0.1, 0.15) is 0 Å². The Hall–Kier alpha value is -0.0400. The fourth-order valence-electron chi connectivity index (χ4n) is 2.12. The molecule has 0 heterocycles. The van der Waals surface area contributed by atoms with E-state index in [0.717, 1.165) is 17.9 Å². The molecule has 1 nitrogen and oxygen atoms in total. The van der Waals surface area contributed by atoms with Crippen LogP contribution in [0.4, 0.5) is 0 Å². The molecule has 0 aromatic heterocycles. The molecule has 0 amide bonds. The average molecular weight is 183 g/mol. The topological polar surface area (TPSA) is 12.0 Å². The first-order valence-electron chi connectivity index (χ1n) is 5.97. The molecule has 1 N–H and O–H groups in total. The second-order valence-corrected chi connectivity index (χ2v) is 4.88. The zero-order chi connectivity index (χ0) is 9.68. The van der Waals surface area contributed by atoms with Crippen LogP contribution < -0.4 is 5.32 Å². The Morgan fingerprint density at radius 3 is 2.38 bits per heavy atom. The lowest BCUT2D eigenvalue weighted by atomic mass is 9.77. The third-order valence-corrected chi connectivity index (χ3v) is 3.10. The highest BCUT2D eigenvalue weighted by Gasteiger charge is 2.26. The van der Waals surface area contributed by atoms with Crippen molar-refractivity contribution in [2.24, 2.45) is 11.8 Å². The van der Waals surface area contributed by atoms with Crippen LogP contribution in [0.25, 0.3) is 0 Å². The van der Waals surface area contributed by atoms with Crippen molar-refractivity contribution >= 4 is 0 Å². The predicted octanol–water partition coefficient (Wildman–Crippen LogP) is 3.20. The maximum absolute atomic E-state index is 3.70. The van der Waals surface area contributed by atoms with Crippen molar-refractivity contribution in [1.29, 1.82) is 0 Å². The van der Waals surface area contributed by atoms with Crippen molar-refractivity contribution in [3.63, 3.8) is 0 Å². The molecule has 1 rings (SSSR count). The van der Waals surface area contributed by atoms with E-state index in [1.165, 1.54) is 38.6 Å². The van der Waals surface area contributed by atoms with Gasteiger partial charge in [-0.1, -0.05) is 27.2 Å². The molecule has 78 valence electrons. The second-order valence-electron chi connectivity index (χ2n) is 4.88. The number of rotatable bonds is 6. The lowest BCUT2D eigenvalue weighted by Gasteiger charge is -2.35. The van der Waals surface area contributed by atoms with E-state index in [1.54, 1.807) is 0 Å². The molecule has 1 unspecified atom stereocenters. The third-order valence-electron chi connectivity index (χ3n) is 3.10. The maximum Gasteiger partial charge on any atom is 0.00977 e. The minimum absolute atomic E-state index is 0.814.